The SMILES string of the molecule is COc1ccc(OC)c(S(=O)(=O)NN(C(=O)c2ccc(C)cc2)c2c(OC(=O)O)c(NS(=O)(=O)c3ccc(OC(F)(F)F)cc3)c(NC(=O)c3cccc(F)c3)c(NC(=O)c3ccc(Cl)cc3Cl)c2C(F)(F)F)c1. The molecule has 0 spiro atoms. The van der Waals surface area contributed by atoms with E-state index < -0.39 is 144 Å². The zero-order valence-electron chi connectivity index (χ0n) is 37.4. The van der Waals surface area contributed by atoms with Gasteiger partial charge in [0.05, 0.1) is 41.1 Å². The van der Waals surface area contributed by atoms with Gasteiger partial charge in [-0.3, -0.25) is 19.1 Å². The van der Waals surface area contributed by atoms with Crippen LogP contribution in [0.1, 0.15) is 42.2 Å². The number of anilines is 4. The summed E-state index contributed by atoms with van der Waals surface area (Å²) in [5, 5.41) is 12.9. The van der Waals surface area contributed by atoms with E-state index in [9.17, 15) is 58.7 Å². The molecule has 0 heterocycles. The van der Waals surface area contributed by atoms with Gasteiger partial charge in [0, 0.05) is 22.2 Å². The van der Waals surface area contributed by atoms with Crippen molar-refractivity contribution >= 4 is 89.9 Å². The van der Waals surface area contributed by atoms with E-state index in [2.05, 4.69) is 4.74 Å². The number of carbonyl (C=O) groups excluding carboxylic acids is 3. The first-order valence-corrected chi connectivity index (χ1v) is 23.8. The van der Waals surface area contributed by atoms with Gasteiger partial charge in [-0.25, -0.2) is 31.0 Å². The lowest BCUT2D eigenvalue weighted by Gasteiger charge is -2.32. The molecule has 0 saturated carbocycles. The molecule has 390 valence electrons. The standard InChI is InChI=1S/C45H32Cl2F7N5O13S2/c1-22-7-9-23(10-8-22)42(62)59(58-74(67,68)33-21-28(69-2)14-18-32(33)70-3)38-34(44(49,50)51)35(55-41(61)30-17-11-25(46)20-31(30)47)36(56-40(60)24-5-4-6-26(48)19-24)37(39(38)71-43(63)64)57-73(65,66)29-15-12-27(13-16-29)72-45(52,53)54/h4-21,57-58H,1-3H3,(H,55,61)(H,56,60)(H,63,64). The molecule has 6 aromatic carbocycles. The van der Waals surface area contributed by atoms with E-state index >= 15 is 13.2 Å². The lowest BCUT2D eigenvalue weighted by Crippen LogP contribution is -2.48. The highest BCUT2D eigenvalue weighted by molar-refractivity contribution is 7.92. The summed E-state index contributed by atoms with van der Waals surface area (Å²) in [6, 6.07) is 15.4. The van der Waals surface area contributed by atoms with Crippen LogP contribution in [0.15, 0.2) is 119 Å². The number of amides is 3. The first kappa shape index (κ1) is 55.5. The highest BCUT2D eigenvalue weighted by Crippen LogP contribution is 2.56. The maximum Gasteiger partial charge on any atom is 0.573 e. The molecule has 29 heteroatoms. The third kappa shape index (κ3) is 12.8. The van der Waals surface area contributed by atoms with E-state index in [1.807, 2.05) is 10.6 Å². The van der Waals surface area contributed by atoms with E-state index in [0.717, 1.165) is 74.9 Å². The van der Waals surface area contributed by atoms with Crippen LogP contribution in [0, 0.1) is 12.7 Å². The fourth-order valence-corrected chi connectivity index (χ4v) is 9.37. The Balaban J connectivity index is 1.83. The zero-order chi connectivity index (χ0) is 54.7. The number of nitrogens with one attached hydrogen (secondary N) is 4. The van der Waals surface area contributed by atoms with Crippen LogP contribution in [0.25, 0.3) is 0 Å². The molecule has 0 aliphatic rings. The van der Waals surface area contributed by atoms with E-state index in [0.29, 0.717) is 35.9 Å². The van der Waals surface area contributed by atoms with Crippen molar-refractivity contribution in [2.24, 2.45) is 0 Å². The van der Waals surface area contributed by atoms with Gasteiger partial charge in [-0.15, -0.1) is 18.0 Å². The highest BCUT2D eigenvalue weighted by Gasteiger charge is 2.47. The van der Waals surface area contributed by atoms with Crippen LogP contribution < -0.4 is 44.1 Å². The van der Waals surface area contributed by atoms with Gasteiger partial charge in [0.25, 0.3) is 37.8 Å². The van der Waals surface area contributed by atoms with E-state index in [1.165, 1.54) is 25.1 Å². The maximum absolute atomic E-state index is 16.5. The number of ether oxygens (including phenoxy) is 4. The van der Waals surface area contributed by atoms with Gasteiger partial charge >= 0.3 is 18.7 Å². The van der Waals surface area contributed by atoms with Crippen molar-refractivity contribution in [1.82, 2.24) is 4.83 Å². The quantitative estimate of drug-likeness (QED) is 0.0262. The Labute approximate surface area is 423 Å². The fraction of sp³-hybridized carbons (Fsp3) is 0.111. The summed E-state index contributed by atoms with van der Waals surface area (Å²) in [5.41, 5.74) is -11.4. The van der Waals surface area contributed by atoms with Crippen molar-refractivity contribution in [3.63, 3.8) is 0 Å². The summed E-state index contributed by atoms with van der Waals surface area (Å²) >= 11 is 12.3. The van der Waals surface area contributed by atoms with Crippen LogP contribution >= 0.6 is 23.2 Å². The molecule has 18 nitrogen and oxygen atoms in total. The summed E-state index contributed by atoms with van der Waals surface area (Å²) in [7, 11) is -9.12. The maximum atomic E-state index is 16.5. The molecular formula is C45H32Cl2F7N5O13S2. The number of aryl methyl sites for hydroxylation is 1. The minimum absolute atomic E-state index is 0.108. The number of hydrazine groups is 1. The second-order valence-corrected chi connectivity index (χ2v) is 19.0. The molecule has 3 amide bonds. The average molecular weight is 1120 g/mol. The van der Waals surface area contributed by atoms with Crippen LogP contribution in [0.5, 0.6) is 23.0 Å². The lowest BCUT2D eigenvalue weighted by molar-refractivity contribution is -0.274. The normalized spacial score (nSPS) is 11.8. The smallest absolute Gasteiger partial charge is 0.497 e. The third-order valence-corrected chi connectivity index (χ3v) is 13.1. The number of benzene rings is 6. The van der Waals surface area contributed by atoms with Gasteiger partial charge in [-0.05, 0) is 91.9 Å². The zero-order valence-corrected chi connectivity index (χ0v) is 40.5. The Morgan fingerprint density at radius 1 is 0.689 bits per heavy atom. The van der Waals surface area contributed by atoms with E-state index in [4.69, 9.17) is 37.4 Å². The number of hydrogen-bond acceptors (Lipinski definition) is 12. The monoisotopic (exact) mass is 1120 g/mol. The Kier molecular flexibility index (Phi) is 16.3. The van der Waals surface area contributed by atoms with Gasteiger partial charge in [-0.1, -0.05) is 47.0 Å². The van der Waals surface area contributed by atoms with Crippen molar-refractivity contribution in [2.75, 3.05) is 34.6 Å². The molecule has 0 unspecified atom stereocenters. The van der Waals surface area contributed by atoms with Gasteiger partial charge in [0.2, 0.25) is 0 Å². The number of carbonyl (C=O) groups is 4. The molecule has 0 bridgehead atoms. The third-order valence-electron chi connectivity index (χ3n) is 9.84. The molecular weight excluding hydrogens is 1090 g/mol. The summed E-state index contributed by atoms with van der Waals surface area (Å²) in [6.07, 6.45) is -14.1. The molecule has 0 saturated heterocycles. The van der Waals surface area contributed by atoms with Gasteiger partial charge in [-0.2, -0.15) is 13.2 Å². The second kappa shape index (κ2) is 21.7. The largest absolute Gasteiger partial charge is 0.573 e. The Hall–Kier alpha value is -7.85. The molecule has 6 rings (SSSR count). The van der Waals surface area contributed by atoms with Gasteiger partial charge in [0.1, 0.15) is 44.9 Å². The Morgan fingerprint density at radius 3 is 1.89 bits per heavy atom. The summed E-state index contributed by atoms with van der Waals surface area (Å²) in [6.45, 7) is 1.51. The van der Waals surface area contributed by atoms with Crippen molar-refractivity contribution < 1.29 is 90.8 Å². The molecule has 6 aromatic rings. The average Bonchev–Trinajstić information content (AvgIpc) is 3.31. The predicted octanol–water partition coefficient (Wildman–Crippen LogP) is 10.3. The summed E-state index contributed by atoms with van der Waals surface area (Å²) < 4.78 is 182. The molecule has 74 heavy (non-hydrogen) atoms. The van der Waals surface area contributed by atoms with Crippen molar-refractivity contribution in [2.45, 2.75) is 29.3 Å². The van der Waals surface area contributed by atoms with Crippen LogP contribution in [0.3, 0.4) is 0 Å². The molecule has 0 aliphatic heterocycles. The molecule has 0 atom stereocenters. The Bertz CT molecular complexity index is 3430. The highest BCUT2D eigenvalue weighted by atomic mass is 35.5. The topological polar surface area (TPSA) is 245 Å². The first-order valence-electron chi connectivity index (χ1n) is 20.1. The van der Waals surface area contributed by atoms with Crippen LogP contribution in [-0.4, -0.2) is 66.4 Å². The predicted molar refractivity (Wildman–Crippen MR) is 251 cm³/mol. The lowest BCUT2D eigenvalue weighted by atomic mass is 10.0. The number of nitrogens with zero attached hydrogens (tertiary/aromatic N) is 1. The molecule has 0 radical (unpaired) electrons. The number of carboxylic acid groups (broad SMARTS) is 1. The van der Waals surface area contributed by atoms with Crippen LogP contribution in [-0.2, 0) is 26.2 Å². The number of rotatable bonds is 16. The van der Waals surface area contributed by atoms with Crippen molar-refractivity contribution in [1.29, 1.82) is 0 Å². The van der Waals surface area contributed by atoms with Crippen molar-refractivity contribution in [3.05, 3.63) is 153 Å². The van der Waals surface area contributed by atoms with Gasteiger partial charge < -0.3 is 34.7 Å². The van der Waals surface area contributed by atoms with Crippen LogP contribution in [0.4, 0.5) is 58.3 Å². The molecule has 5 N–H and O–H groups in total. The van der Waals surface area contributed by atoms with E-state index in [-0.39, 0.29) is 10.8 Å². The number of halogens is 9. The molecule has 0 aliphatic carbocycles. The molecule has 0 fully saturated rings. The summed E-state index contributed by atoms with van der Waals surface area (Å²) in [4.78, 5) is 55.7. The van der Waals surface area contributed by atoms with Crippen LogP contribution in [0.2, 0.25) is 10.0 Å². The van der Waals surface area contributed by atoms with Crippen molar-refractivity contribution in [3.8, 4) is 23.0 Å². The number of sulfonamides is 2. The fourth-order valence-electron chi connectivity index (χ4n) is 6.60. The number of methoxy groups -OCH3 is 2. The minimum Gasteiger partial charge on any atom is -0.497 e. The van der Waals surface area contributed by atoms with E-state index in [1.54, 1.807) is 9.55 Å². The number of alkyl halides is 6. The number of hydrogen-bond donors (Lipinski definition) is 5. The second-order valence-electron chi connectivity index (χ2n) is 14.8. The summed E-state index contributed by atoms with van der Waals surface area (Å²) in [5.74, 6) is -9.96. The minimum atomic E-state index is -6.15. The first-order chi connectivity index (χ1) is 34.5. The Morgan fingerprint density at radius 2 is 1.32 bits per heavy atom. The molecule has 0 aromatic heterocycles. The van der Waals surface area contributed by atoms with Gasteiger partial charge in [0.15, 0.2) is 5.75 Å².